The van der Waals surface area contributed by atoms with Crippen LogP contribution in [-0.2, 0) is 5.88 Å². The maximum Gasteiger partial charge on any atom is 0.123 e. The lowest BCUT2D eigenvalue weighted by molar-refractivity contribution is 0.628. The van der Waals surface area contributed by atoms with Crippen molar-refractivity contribution >= 4 is 34.6 Å². The molecule has 0 bridgehead atoms. The molecule has 0 radical (unpaired) electrons. The van der Waals surface area contributed by atoms with Crippen LogP contribution in [-0.4, -0.2) is 6.54 Å². The molecule has 0 aromatic heterocycles. The van der Waals surface area contributed by atoms with Gasteiger partial charge in [-0.2, -0.15) is 0 Å². The van der Waals surface area contributed by atoms with Gasteiger partial charge in [0.2, 0.25) is 0 Å². The monoisotopic (exact) mass is 297 g/mol. The van der Waals surface area contributed by atoms with Crippen LogP contribution in [0.2, 0.25) is 5.02 Å². The molecule has 0 heterocycles. The van der Waals surface area contributed by atoms with Crippen molar-refractivity contribution in [2.45, 2.75) is 12.8 Å². The van der Waals surface area contributed by atoms with Gasteiger partial charge in [-0.15, -0.1) is 11.6 Å². The Kier molecular flexibility index (Phi) is 4.67. The summed E-state index contributed by atoms with van der Waals surface area (Å²) >= 11 is 12.0. The van der Waals surface area contributed by atoms with Crippen LogP contribution < -0.4 is 4.90 Å². The summed E-state index contributed by atoms with van der Waals surface area (Å²) in [4.78, 5) is 2.06. The lowest BCUT2D eigenvalue weighted by Crippen LogP contribution is -2.17. The first-order valence-electron chi connectivity index (χ1n) is 6.03. The summed E-state index contributed by atoms with van der Waals surface area (Å²) in [6, 6.07) is 12.0. The molecule has 100 valence electrons. The second-order valence-corrected chi connectivity index (χ2v) is 4.83. The largest absolute Gasteiger partial charge is 0.341 e. The van der Waals surface area contributed by atoms with Gasteiger partial charge in [-0.25, -0.2) is 4.39 Å². The highest BCUT2D eigenvalue weighted by Gasteiger charge is 2.12. The van der Waals surface area contributed by atoms with Crippen molar-refractivity contribution in [2.75, 3.05) is 11.4 Å². The fourth-order valence-corrected chi connectivity index (χ4v) is 2.41. The molecule has 0 fully saturated rings. The van der Waals surface area contributed by atoms with Gasteiger partial charge in [0.15, 0.2) is 0 Å². The Morgan fingerprint density at radius 1 is 1.11 bits per heavy atom. The molecule has 1 nitrogen and oxygen atoms in total. The van der Waals surface area contributed by atoms with Gasteiger partial charge in [0, 0.05) is 28.8 Å². The van der Waals surface area contributed by atoms with E-state index in [1.807, 2.05) is 25.1 Å². The van der Waals surface area contributed by atoms with E-state index in [2.05, 4.69) is 4.90 Å². The summed E-state index contributed by atoms with van der Waals surface area (Å²) in [7, 11) is 0. The first kappa shape index (κ1) is 14.2. The Bertz CT molecular complexity index is 555. The minimum atomic E-state index is -0.247. The van der Waals surface area contributed by atoms with Gasteiger partial charge in [-0.1, -0.05) is 17.7 Å². The van der Waals surface area contributed by atoms with Gasteiger partial charge in [0.05, 0.1) is 0 Å². The minimum Gasteiger partial charge on any atom is -0.341 e. The molecule has 0 aliphatic carbocycles. The molecule has 19 heavy (non-hydrogen) atoms. The number of anilines is 2. The molecule has 0 atom stereocenters. The third-order valence-corrected chi connectivity index (χ3v) is 3.46. The molecule has 4 heteroatoms. The number of nitrogens with zero attached hydrogens (tertiary/aromatic N) is 1. The highest BCUT2D eigenvalue weighted by Crippen LogP contribution is 2.31. The normalized spacial score (nSPS) is 10.5. The van der Waals surface area contributed by atoms with Gasteiger partial charge in [0.25, 0.3) is 0 Å². The van der Waals surface area contributed by atoms with Crippen molar-refractivity contribution in [2.24, 2.45) is 0 Å². The zero-order valence-electron chi connectivity index (χ0n) is 10.5. The minimum absolute atomic E-state index is 0.247. The van der Waals surface area contributed by atoms with Gasteiger partial charge in [-0.05, 0) is 48.9 Å². The molecular formula is C15H14Cl2FN. The summed E-state index contributed by atoms with van der Waals surface area (Å²) in [5.41, 5.74) is 2.87. The Labute approximate surface area is 122 Å². The number of halogens is 3. The van der Waals surface area contributed by atoms with Gasteiger partial charge >= 0.3 is 0 Å². The summed E-state index contributed by atoms with van der Waals surface area (Å²) in [5, 5.41) is 0.657. The highest BCUT2D eigenvalue weighted by atomic mass is 35.5. The van der Waals surface area contributed by atoms with Crippen LogP contribution in [0.4, 0.5) is 15.8 Å². The zero-order valence-corrected chi connectivity index (χ0v) is 12.0. The van der Waals surface area contributed by atoms with Crippen LogP contribution in [0, 0.1) is 5.82 Å². The number of rotatable bonds is 4. The maximum atomic E-state index is 13.0. The molecular weight excluding hydrogens is 284 g/mol. The second kappa shape index (κ2) is 6.27. The van der Waals surface area contributed by atoms with E-state index in [4.69, 9.17) is 23.2 Å². The zero-order chi connectivity index (χ0) is 13.8. The van der Waals surface area contributed by atoms with Crippen LogP contribution in [0.1, 0.15) is 12.5 Å². The van der Waals surface area contributed by atoms with E-state index in [1.54, 1.807) is 12.1 Å². The number of benzene rings is 2. The molecule has 0 saturated carbocycles. The van der Waals surface area contributed by atoms with Crippen LogP contribution in [0.3, 0.4) is 0 Å². The topological polar surface area (TPSA) is 3.24 Å². The summed E-state index contributed by atoms with van der Waals surface area (Å²) in [6.45, 7) is 2.78. The lowest BCUT2D eigenvalue weighted by Gasteiger charge is -2.25. The lowest BCUT2D eigenvalue weighted by atomic mass is 10.1. The SMILES string of the molecule is CCN(c1ccc(F)cc1)c1cc(Cl)ccc1CCl. The molecule has 2 rings (SSSR count). The second-order valence-electron chi connectivity index (χ2n) is 4.13. The molecule has 0 aliphatic heterocycles. The fraction of sp³-hybridized carbons (Fsp3) is 0.200. The van der Waals surface area contributed by atoms with Crippen molar-refractivity contribution in [3.63, 3.8) is 0 Å². The Morgan fingerprint density at radius 3 is 2.37 bits per heavy atom. The summed E-state index contributed by atoms with van der Waals surface area (Å²) in [6.07, 6.45) is 0. The molecule has 0 spiro atoms. The molecule has 0 saturated heterocycles. The molecule has 0 unspecified atom stereocenters. The van der Waals surface area contributed by atoms with Crippen molar-refractivity contribution in [1.29, 1.82) is 0 Å². The Hall–Kier alpha value is -1.25. The van der Waals surface area contributed by atoms with E-state index in [1.165, 1.54) is 12.1 Å². The predicted molar refractivity (Wildman–Crippen MR) is 80.1 cm³/mol. The molecule has 2 aromatic rings. The van der Waals surface area contributed by atoms with Crippen LogP contribution >= 0.6 is 23.2 Å². The van der Waals surface area contributed by atoms with E-state index in [9.17, 15) is 4.39 Å². The Morgan fingerprint density at radius 2 is 1.79 bits per heavy atom. The van der Waals surface area contributed by atoms with E-state index >= 15 is 0 Å². The highest BCUT2D eigenvalue weighted by molar-refractivity contribution is 6.31. The van der Waals surface area contributed by atoms with Crippen molar-refractivity contribution in [1.82, 2.24) is 0 Å². The van der Waals surface area contributed by atoms with E-state index < -0.39 is 0 Å². The predicted octanol–water partition coefficient (Wildman–Crippen LogP) is 5.38. The van der Waals surface area contributed by atoms with Crippen molar-refractivity contribution in [3.05, 3.63) is 58.9 Å². The number of hydrogen-bond donors (Lipinski definition) is 0. The summed E-state index contributed by atoms with van der Waals surface area (Å²) < 4.78 is 13.0. The third-order valence-electron chi connectivity index (χ3n) is 2.94. The van der Waals surface area contributed by atoms with E-state index in [-0.39, 0.29) is 5.82 Å². The van der Waals surface area contributed by atoms with Gasteiger partial charge in [0.1, 0.15) is 5.82 Å². The van der Waals surface area contributed by atoms with Crippen molar-refractivity contribution < 1.29 is 4.39 Å². The molecule has 2 aromatic carbocycles. The quantitative estimate of drug-likeness (QED) is 0.685. The van der Waals surface area contributed by atoms with Gasteiger partial charge in [-0.3, -0.25) is 0 Å². The van der Waals surface area contributed by atoms with E-state index in [0.717, 1.165) is 23.5 Å². The third kappa shape index (κ3) is 3.20. The van der Waals surface area contributed by atoms with Crippen molar-refractivity contribution in [3.8, 4) is 0 Å². The number of alkyl halides is 1. The van der Waals surface area contributed by atoms with Crippen LogP contribution in [0.5, 0.6) is 0 Å². The van der Waals surface area contributed by atoms with Gasteiger partial charge < -0.3 is 4.90 Å². The average molecular weight is 298 g/mol. The smallest absolute Gasteiger partial charge is 0.123 e. The van der Waals surface area contributed by atoms with E-state index in [0.29, 0.717) is 10.9 Å². The van der Waals surface area contributed by atoms with Crippen LogP contribution in [0.25, 0.3) is 0 Å². The maximum absolute atomic E-state index is 13.0. The first-order valence-corrected chi connectivity index (χ1v) is 6.94. The molecule has 0 aliphatic rings. The first-order chi connectivity index (χ1) is 9.15. The average Bonchev–Trinajstić information content (AvgIpc) is 2.42. The van der Waals surface area contributed by atoms with Crippen LogP contribution in [0.15, 0.2) is 42.5 Å². The fourth-order valence-electron chi connectivity index (χ4n) is 2.01. The number of hydrogen-bond acceptors (Lipinski definition) is 1. The standard InChI is InChI=1S/C15H14Cl2FN/c1-2-19(14-7-5-13(18)6-8-14)15-9-12(17)4-3-11(15)10-16/h3-9H,2,10H2,1H3. The Balaban J connectivity index is 2.47. The summed E-state index contributed by atoms with van der Waals surface area (Å²) in [5.74, 6) is 0.160. The molecule has 0 N–H and O–H groups in total. The molecule has 0 amide bonds.